The minimum atomic E-state index is -2.03. The Morgan fingerprint density at radius 2 is 1.17 bits per heavy atom. The summed E-state index contributed by atoms with van der Waals surface area (Å²) in [6, 6.07) is 0. The van der Waals surface area contributed by atoms with E-state index in [4.69, 9.17) is 36.8 Å². The predicted molar refractivity (Wildman–Crippen MR) is 97.7 cm³/mol. The molecule has 132 valence electrons. The molecule has 0 aromatic rings. The van der Waals surface area contributed by atoms with Crippen molar-refractivity contribution in [2.75, 3.05) is 25.0 Å². The molecule has 0 saturated carbocycles. The van der Waals surface area contributed by atoms with Crippen molar-refractivity contribution in [1.29, 1.82) is 0 Å². The number of rotatable bonds is 10. The minimum Gasteiger partial charge on any atom is -0.461 e. The molecule has 0 N–H and O–H groups in total. The van der Waals surface area contributed by atoms with Crippen molar-refractivity contribution >= 4 is 51.8 Å². The lowest BCUT2D eigenvalue weighted by atomic mass is 10.7. The van der Waals surface area contributed by atoms with E-state index in [2.05, 4.69) is 26.2 Å². The van der Waals surface area contributed by atoms with Crippen LogP contribution in [0.15, 0.2) is 23.6 Å². The molecule has 0 heterocycles. The van der Waals surface area contributed by atoms with Gasteiger partial charge in [-0.3, -0.25) is 9.59 Å². The second kappa shape index (κ2) is 11.0. The van der Waals surface area contributed by atoms with E-state index in [1.807, 2.05) is 11.4 Å². The van der Waals surface area contributed by atoms with Gasteiger partial charge in [0.15, 0.2) is 16.6 Å². The van der Waals surface area contributed by atoms with Gasteiger partial charge in [0, 0.05) is 0 Å². The lowest BCUT2D eigenvalue weighted by Crippen LogP contribution is -2.42. The molecule has 9 heteroatoms. The first-order valence-electron chi connectivity index (χ1n) is 7.10. The third kappa shape index (κ3) is 12.5. The largest absolute Gasteiger partial charge is 0.461 e. The zero-order valence-electron chi connectivity index (χ0n) is 13.9. The van der Waals surface area contributed by atoms with E-state index < -0.39 is 28.6 Å². The summed E-state index contributed by atoms with van der Waals surface area (Å²) in [7, 11) is -4.07. The summed E-state index contributed by atoms with van der Waals surface area (Å²) in [5, 5.41) is 0. The first-order chi connectivity index (χ1) is 10.6. The van der Waals surface area contributed by atoms with Crippen molar-refractivity contribution in [3.63, 3.8) is 0 Å². The Kier molecular flexibility index (Phi) is 10.7. The average molecular weight is 399 g/mol. The van der Waals surface area contributed by atoms with E-state index in [0.717, 1.165) is 0 Å². The number of ether oxygens (including phenoxy) is 2. The molecule has 0 aromatic carbocycles. The van der Waals surface area contributed by atoms with E-state index in [1.54, 1.807) is 12.2 Å². The van der Waals surface area contributed by atoms with Crippen LogP contribution in [0.25, 0.3) is 0 Å². The fraction of sp³-hybridized carbons (Fsp3) is 0.571. The maximum Gasteiger partial charge on any atom is 0.321 e. The van der Waals surface area contributed by atoms with Crippen LogP contribution in [0.1, 0.15) is 0 Å². The van der Waals surface area contributed by atoms with Crippen LogP contribution in [0.4, 0.5) is 0 Å². The SMILES string of the molecule is C[Si](C)(/C=C/COC(=O)CCl)O[Si](C)(C)/C=C/COC(=O)CCl. The highest BCUT2D eigenvalue weighted by atomic mass is 35.5. The van der Waals surface area contributed by atoms with E-state index in [-0.39, 0.29) is 25.0 Å². The molecular weight excluding hydrogens is 375 g/mol. The summed E-state index contributed by atoms with van der Waals surface area (Å²) in [4.78, 5) is 21.9. The van der Waals surface area contributed by atoms with Gasteiger partial charge in [0.2, 0.25) is 0 Å². The van der Waals surface area contributed by atoms with E-state index in [1.165, 1.54) is 0 Å². The zero-order chi connectivity index (χ0) is 17.9. The number of alkyl halides is 2. The van der Waals surface area contributed by atoms with Gasteiger partial charge in [-0.25, -0.2) is 0 Å². The lowest BCUT2D eigenvalue weighted by Gasteiger charge is -2.29. The second-order valence-electron chi connectivity index (χ2n) is 5.75. The molecule has 0 saturated heterocycles. The summed E-state index contributed by atoms with van der Waals surface area (Å²) in [6.07, 6.45) is 3.57. The van der Waals surface area contributed by atoms with Crippen molar-refractivity contribution < 1.29 is 23.2 Å². The third-order valence-electron chi connectivity index (χ3n) is 2.46. The van der Waals surface area contributed by atoms with Gasteiger partial charge in [-0.15, -0.1) is 23.2 Å². The van der Waals surface area contributed by atoms with Crippen LogP contribution < -0.4 is 0 Å². The van der Waals surface area contributed by atoms with Crippen LogP contribution >= 0.6 is 23.2 Å². The van der Waals surface area contributed by atoms with Gasteiger partial charge in [-0.2, -0.15) is 0 Å². The van der Waals surface area contributed by atoms with Gasteiger partial charge in [0.05, 0.1) is 0 Å². The van der Waals surface area contributed by atoms with Gasteiger partial charge in [0.1, 0.15) is 25.0 Å². The molecule has 5 nitrogen and oxygen atoms in total. The van der Waals surface area contributed by atoms with Crippen molar-refractivity contribution in [2.45, 2.75) is 26.2 Å². The summed E-state index contributed by atoms with van der Waals surface area (Å²) >= 11 is 10.7. The van der Waals surface area contributed by atoms with Gasteiger partial charge >= 0.3 is 11.9 Å². The second-order valence-corrected chi connectivity index (χ2v) is 14.2. The minimum absolute atomic E-state index is 0.149. The number of esters is 2. The first-order valence-corrected chi connectivity index (χ1v) is 14.1. The number of carbonyl (C=O) groups is 2. The Hall–Kier alpha value is -0.606. The van der Waals surface area contributed by atoms with Gasteiger partial charge in [0.25, 0.3) is 0 Å². The molecule has 0 aliphatic rings. The van der Waals surface area contributed by atoms with Crippen LogP contribution in [0.5, 0.6) is 0 Å². The van der Waals surface area contributed by atoms with Crippen molar-refractivity contribution in [2.24, 2.45) is 0 Å². The number of halogens is 2. The standard InChI is InChI=1S/C14H24Cl2O5Si2/c1-22(2,9-5-7-19-13(17)11-15)21-23(3,4)10-6-8-20-14(18)12-16/h5-6,9-10H,7-8,11-12H2,1-4H3/b9-5+,10-6+. The Morgan fingerprint density at radius 3 is 1.48 bits per heavy atom. The maximum absolute atomic E-state index is 10.9. The monoisotopic (exact) mass is 398 g/mol. The van der Waals surface area contributed by atoms with E-state index in [9.17, 15) is 9.59 Å². The summed E-state index contributed by atoms with van der Waals surface area (Å²) in [6.45, 7) is 8.62. The summed E-state index contributed by atoms with van der Waals surface area (Å²) in [5.74, 6) is -1.18. The topological polar surface area (TPSA) is 61.8 Å². The van der Waals surface area contributed by atoms with Crippen LogP contribution in [-0.2, 0) is 23.2 Å². The van der Waals surface area contributed by atoms with Gasteiger partial charge in [-0.05, 0) is 26.2 Å². The molecule has 23 heavy (non-hydrogen) atoms. The summed E-state index contributed by atoms with van der Waals surface area (Å²) in [5.41, 5.74) is 3.95. The molecule has 0 spiro atoms. The molecule has 0 aliphatic carbocycles. The van der Waals surface area contributed by atoms with Crippen LogP contribution in [0.3, 0.4) is 0 Å². The highest BCUT2D eigenvalue weighted by Crippen LogP contribution is 2.16. The highest BCUT2D eigenvalue weighted by Gasteiger charge is 2.29. The maximum atomic E-state index is 10.9. The predicted octanol–water partition coefficient (Wildman–Crippen LogP) is 3.17. The molecule has 0 unspecified atom stereocenters. The Labute approximate surface area is 149 Å². The quantitative estimate of drug-likeness (QED) is 0.321. The third-order valence-corrected chi connectivity index (χ3v) is 9.19. The zero-order valence-corrected chi connectivity index (χ0v) is 17.4. The molecule has 0 radical (unpaired) electrons. The molecule has 0 atom stereocenters. The van der Waals surface area contributed by atoms with Crippen molar-refractivity contribution in [1.82, 2.24) is 0 Å². The Morgan fingerprint density at radius 1 is 0.826 bits per heavy atom. The highest BCUT2D eigenvalue weighted by molar-refractivity contribution is 6.89. The van der Waals surface area contributed by atoms with Crippen LogP contribution in [0, 0.1) is 0 Å². The fourth-order valence-corrected chi connectivity index (χ4v) is 9.22. The summed E-state index contributed by atoms with van der Waals surface area (Å²) < 4.78 is 16.0. The van der Waals surface area contributed by atoms with Crippen molar-refractivity contribution in [3.8, 4) is 0 Å². The lowest BCUT2D eigenvalue weighted by molar-refractivity contribution is -0.140. The smallest absolute Gasteiger partial charge is 0.321 e. The van der Waals surface area contributed by atoms with E-state index >= 15 is 0 Å². The number of hydrogen-bond donors (Lipinski definition) is 0. The number of carbonyl (C=O) groups excluding carboxylic acids is 2. The molecule has 0 aromatic heterocycles. The molecule has 0 aliphatic heterocycles. The molecular formula is C14H24Cl2O5Si2. The van der Waals surface area contributed by atoms with Crippen LogP contribution in [-0.4, -0.2) is 53.5 Å². The molecule has 0 fully saturated rings. The Bertz CT molecular complexity index is 410. The Balaban J connectivity index is 4.38. The fourth-order valence-electron chi connectivity index (χ4n) is 1.77. The number of hydrogen-bond acceptors (Lipinski definition) is 5. The average Bonchev–Trinajstić information content (AvgIpc) is 2.46. The molecule has 0 bridgehead atoms. The van der Waals surface area contributed by atoms with Crippen molar-refractivity contribution in [3.05, 3.63) is 23.6 Å². The normalized spacial score (nSPS) is 12.8. The van der Waals surface area contributed by atoms with Crippen LogP contribution in [0.2, 0.25) is 26.2 Å². The van der Waals surface area contributed by atoms with E-state index in [0.29, 0.717) is 0 Å². The molecule has 0 amide bonds. The molecule has 0 rings (SSSR count). The van der Waals surface area contributed by atoms with Gasteiger partial charge < -0.3 is 13.6 Å². The first kappa shape index (κ1) is 22.4. The van der Waals surface area contributed by atoms with Gasteiger partial charge in [-0.1, -0.05) is 23.6 Å².